The number of amides is 1. The van der Waals surface area contributed by atoms with Crippen molar-refractivity contribution < 1.29 is 13.9 Å². The van der Waals surface area contributed by atoms with Gasteiger partial charge in [-0.15, -0.1) is 12.4 Å². The molecule has 1 fully saturated rings. The number of likely N-dealkylation sites (tertiary alicyclic amines) is 1. The Kier molecular flexibility index (Phi) is 7.62. The third kappa shape index (κ3) is 4.58. The number of nitrogens with one attached hydrogen (secondary N) is 1. The lowest BCUT2D eigenvalue weighted by Crippen LogP contribution is -2.40. The quantitative estimate of drug-likeness (QED) is 0.902. The van der Waals surface area contributed by atoms with Crippen molar-refractivity contribution in [3.8, 4) is 5.75 Å². The van der Waals surface area contributed by atoms with Gasteiger partial charge in [-0.25, -0.2) is 4.39 Å². The maximum absolute atomic E-state index is 13.4. The van der Waals surface area contributed by atoms with Gasteiger partial charge in [0.05, 0.1) is 12.7 Å². The summed E-state index contributed by atoms with van der Waals surface area (Å²) in [6.45, 7) is 5.50. The van der Waals surface area contributed by atoms with Gasteiger partial charge in [-0.05, 0) is 50.0 Å². The molecule has 1 aliphatic heterocycles. The fraction of sp³-hybridized carbons (Fsp3) is 0.562. The molecule has 1 saturated heterocycles. The van der Waals surface area contributed by atoms with Crippen molar-refractivity contribution in [1.82, 2.24) is 10.2 Å². The van der Waals surface area contributed by atoms with E-state index < -0.39 is 5.82 Å². The van der Waals surface area contributed by atoms with Crippen LogP contribution in [0.5, 0.6) is 5.75 Å². The average Bonchev–Trinajstić information content (AvgIpc) is 2.52. The van der Waals surface area contributed by atoms with Gasteiger partial charge in [-0.2, -0.15) is 0 Å². The van der Waals surface area contributed by atoms with Gasteiger partial charge in [0.2, 0.25) is 0 Å². The summed E-state index contributed by atoms with van der Waals surface area (Å²) in [4.78, 5) is 14.3. The molecule has 0 saturated carbocycles. The van der Waals surface area contributed by atoms with Crippen molar-refractivity contribution in [2.45, 2.75) is 19.8 Å². The summed E-state index contributed by atoms with van der Waals surface area (Å²) in [7, 11) is 1.49. The summed E-state index contributed by atoms with van der Waals surface area (Å²) in [5, 5.41) is 3.35. The molecule has 1 heterocycles. The van der Waals surface area contributed by atoms with Crippen molar-refractivity contribution in [1.29, 1.82) is 0 Å². The number of nitrogens with zero attached hydrogens (tertiary/aromatic N) is 1. The second-order valence-corrected chi connectivity index (χ2v) is 5.39. The third-order valence-electron chi connectivity index (χ3n) is 3.98. The number of benzene rings is 1. The summed E-state index contributed by atoms with van der Waals surface area (Å²) in [5.74, 6) is 0.481. The second kappa shape index (κ2) is 8.96. The van der Waals surface area contributed by atoms with Crippen molar-refractivity contribution >= 4 is 18.3 Å². The first-order valence-corrected chi connectivity index (χ1v) is 7.49. The molecule has 6 heteroatoms. The topological polar surface area (TPSA) is 41.6 Å². The molecule has 124 valence electrons. The molecule has 0 unspecified atom stereocenters. The third-order valence-corrected chi connectivity index (χ3v) is 3.98. The molecule has 0 radical (unpaired) electrons. The Labute approximate surface area is 137 Å². The second-order valence-electron chi connectivity index (χ2n) is 5.39. The molecule has 1 N–H and O–H groups in total. The van der Waals surface area contributed by atoms with Crippen LogP contribution in [0.15, 0.2) is 18.2 Å². The van der Waals surface area contributed by atoms with Gasteiger partial charge < -0.3 is 15.0 Å². The number of halogens is 2. The number of hydrogen-bond donors (Lipinski definition) is 1. The lowest BCUT2D eigenvalue weighted by atomic mass is 9.96. The summed E-state index contributed by atoms with van der Waals surface area (Å²) in [5.41, 5.74) is 0.308. The minimum absolute atomic E-state index is 0. The molecule has 0 atom stereocenters. The normalized spacial score (nSPS) is 15.3. The fourth-order valence-electron chi connectivity index (χ4n) is 2.71. The van der Waals surface area contributed by atoms with Crippen molar-refractivity contribution in [2.75, 3.05) is 33.3 Å². The number of ether oxygens (including phenoxy) is 1. The standard InChI is InChI=1S/C16H23FN2O2.ClH/c1-3-18-11-12-6-8-19(9-7-12)16(20)14-10-13(17)4-5-15(14)21-2;/h4-5,10,12,18H,3,6-9,11H2,1-2H3;1H. The number of carbonyl (C=O) groups is 1. The van der Waals surface area contributed by atoms with Crippen molar-refractivity contribution in [3.63, 3.8) is 0 Å². The van der Waals surface area contributed by atoms with E-state index in [1.165, 1.54) is 25.3 Å². The number of hydrogen-bond acceptors (Lipinski definition) is 3. The number of methoxy groups -OCH3 is 1. The van der Waals surface area contributed by atoms with Crippen LogP contribution >= 0.6 is 12.4 Å². The predicted octanol–water partition coefficient (Wildman–Crippen LogP) is 2.72. The number of carbonyl (C=O) groups excluding carboxylic acids is 1. The highest BCUT2D eigenvalue weighted by atomic mass is 35.5. The molecular formula is C16H24ClFN2O2. The molecule has 1 aromatic carbocycles. The molecule has 1 amide bonds. The van der Waals surface area contributed by atoms with E-state index in [4.69, 9.17) is 4.74 Å². The Balaban J connectivity index is 0.00000242. The van der Waals surface area contributed by atoms with E-state index in [9.17, 15) is 9.18 Å². The Morgan fingerprint density at radius 1 is 1.41 bits per heavy atom. The van der Waals surface area contributed by atoms with Crippen LogP contribution in [-0.2, 0) is 0 Å². The van der Waals surface area contributed by atoms with E-state index in [1.807, 2.05) is 0 Å². The van der Waals surface area contributed by atoms with Crippen LogP contribution in [-0.4, -0.2) is 44.1 Å². The Morgan fingerprint density at radius 2 is 2.09 bits per heavy atom. The van der Waals surface area contributed by atoms with Crippen molar-refractivity contribution in [2.24, 2.45) is 5.92 Å². The molecule has 2 rings (SSSR count). The van der Waals surface area contributed by atoms with E-state index >= 15 is 0 Å². The first-order valence-electron chi connectivity index (χ1n) is 7.49. The lowest BCUT2D eigenvalue weighted by Gasteiger charge is -2.32. The highest BCUT2D eigenvalue weighted by molar-refractivity contribution is 5.97. The highest BCUT2D eigenvalue weighted by Gasteiger charge is 2.25. The Morgan fingerprint density at radius 3 is 2.68 bits per heavy atom. The predicted molar refractivity (Wildman–Crippen MR) is 87.4 cm³/mol. The van der Waals surface area contributed by atoms with Gasteiger partial charge in [-0.3, -0.25) is 4.79 Å². The van der Waals surface area contributed by atoms with Crippen LogP contribution in [0.2, 0.25) is 0 Å². The van der Waals surface area contributed by atoms with E-state index in [0.29, 0.717) is 30.3 Å². The maximum Gasteiger partial charge on any atom is 0.257 e. The minimum atomic E-state index is -0.416. The average molecular weight is 331 g/mol. The molecule has 1 aliphatic rings. The first-order chi connectivity index (χ1) is 10.2. The molecule has 1 aromatic rings. The number of rotatable bonds is 5. The summed E-state index contributed by atoms with van der Waals surface area (Å²) in [6.07, 6.45) is 1.97. The SMILES string of the molecule is CCNCC1CCN(C(=O)c2cc(F)ccc2OC)CC1.Cl. The van der Waals surface area contributed by atoms with E-state index in [1.54, 1.807) is 4.90 Å². The molecule has 0 aromatic heterocycles. The maximum atomic E-state index is 13.4. The van der Waals surface area contributed by atoms with Gasteiger partial charge in [-0.1, -0.05) is 6.92 Å². The summed E-state index contributed by atoms with van der Waals surface area (Å²) in [6, 6.07) is 4.06. The van der Waals surface area contributed by atoms with Crippen LogP contribution in [0.1, 0.15) is 30.1 Å². The van der Waals surface area contributed by atoms with Gasteiger partial charge in [0.15, 0.2) is 0 Å². The Bertz CT molecular complexity index is 491. The zero-order chi connectivity index (χ0) is 15.2. The smallest absolute Gasteiger partial charge is 0.257 e. The van der Waals surface area contributed by atoms with Crippen LogP contribution in [0, 0.1) is 11.7 Å². The van der Waals surface area contributed by atoms with Gasteiger partial charge in [0, 0.05) is 13.1 Å². The molecule has 4 nitrogen and oxygen atoms in total. The monoisotopic (exact) mass is 330 g/mol. The van der Waals surface area contributed by atoms with Gasteiger partial charge in [0.1, 0.15) is 11.6 Å². The highest BCUT2D eigenvalue weighted by Crippen LogP contribution is 2.24. The van der Waals surface area contributed by atoms with E-state index in [0.717, 1.165) is 25.9 Å². The summed E-state index contributed by atoms with van der Waals surface area (Å²) < 4.78 is 18.5. The van der Waals surface area contributed by atoms with Crippen LogP contribution in [0.4, 0.5) is 4.39 Å². The first kappa shape index (κ1) is 18.7. The lowest BCUT2D eigenvalue weighted by molar-refractivity contribution is 0.0686. The van der Waals surface area contributed by atoms with Crippen LogP contribution < -0.4 is 10.1 Å². The van der Waals surface area contributed by atoms with Crippen LogP contribution in [0.25, 0.3) is 0 Å². The van der Waals surface area contributed by atoms with Crippen molar-refractivity contribution in [3.05, 3.63) is 29.6 Å². The van der Waals surface area contributed by atoms with E-state index in [2.05, 4.69) is 12.2 Å². The Hall–Kier alpha value is -1.33. The minimum Gasteiger partial charge on any atom is -0.496 e. The molecule has 22 heavy (non-hydrogen) atoms. The summed E-state index contributed by atoms with van der Waals surface area (Å²) >= 11 is 0. The van der Waals surface area contributed by atoms with Crippen LogP contribution in [0.3, 0.4) is 0 Å². The van der Waals surface area contributed by atoms with Gasteiger partial charge >= 0.3 is 0 Å². The fourth-order valence-corrected chi connectivity index (χ4v) is 2.71. The molecule has 0 aliphatic carbocycles. The molecular weight excluding hydrogens is 307 g/mol. The molecule has 0 spiro atoms. The largest absolute Gasteiger partial charge is 0.496 e. The zero-order valence-electron chi connectivity index (χ0n) is 13.1. The zero-order valence-corrected chi connectivity index (χ0v) is 13.9. The van der Waals surface area contributed by atoms with E-state index in [-0.39, 0.29) is 18.3 Å². The van der Waals surface area contributed by atoms with Gasteiger partial charge in [0.25, 0.3) is 5.91 Å². The number of piperidine rings is 1. The molecule has 0 bridgehead atoms.